The topological polar surface area (TPSA) is 62.7 Å². The third-order valence-electron chi connectivity index (χ3n) is 5.40. The number of pyridine rings is 1. The third-order valence-corrected chi connectivity index (χ3v) is 5.64. The van der Waals surface area contributed by atoms with Gasteiger partial charge in [-0.3, -0.25) is 14.7 Å². The molecule has 3 aromatic rings. The molecule has 2 atom stereocenters. The number of aromatic nitrogens is 1. The molecular weight excluding hydrogens is 388 g/mol. The zero-order valence-corrected chi connectivity index (χ0v) is 17.0. The standard InChI is InChI=1S/C23H23ClN2O3/c1-2-29-21-10-9-17(24)13-18(21)22(26-11-5-8-20(26)23(27)28)16-12-15-6-3-4-7-19(15)25-14-16/h3-4,6-7,9-10,12-14,20,22H,2,5,8,11H2,1H3,(H,27,28). The van der Waals surface area contributed by atoms with Crippen LogP contribution in [0, 0.1) is 0 Å². The van der Waals surface area contributed by atoms with Gasteiger partial charge in [-0.1, -0.05) is 29.8 Å². The first-order chi connectivity index (χ1) is 14.1. The van der Waals surface area contributed by atoms with E-state index in [1.807, 2.05) is 54.4 Å². The number of nitrogens with zero attached hydrogens (tertiary/aromatic N) is 2. The first-order valence-electron chi connectivity index (χ1n) is 9.84. The molecule has 2 aromatic carbocycles. The molecule has 29 heavy (non-hydrogen) atoms. The number of para-hydroxylation sites is 1. The molecular formula is C23H23ClN2O3. The molecule has 4 rings (SSSR count). The second-order valence-corrected chi connectivity index (χ2v) is 7.65. The lowest BCUT2D eigenvalue weighted by Crippen LogP contribution is -2.39. The Morgan fingerprint density at radius 3 is 2.93 bits per heavy atom. The first-order valence-corrected chi connectivity index (χ1v) is 10.2. The molecule has 0 bridgehead atoms. The summed E-state index contributed by atoms with van der Waals surface area (Å²) >= 11 is 6.34. The Morgan fingerprint density at radius 1 is 1.31 bits per heavy atom. The van der Waals surface area contributed by atoms with Gasteiger partial charge in [0.15, 0.2) is 0 Å². The van der Waals surface area contributed by atoms with Crippen molar-refractivity contribution in [3.63, 3.8) is 0 Å². The van der Waals surface area contributed by atoms with Crippen LogP contribution in [0.3, 0.4) is 0 Å². The first kappa shape index (κ1) is 19.7. The molecule has 0 saturated carbocycles. The van der Waals surface area contributed by atoms with Crippen molar-refractivity contribution in [1.82, 2.24) is 9.88 Å². The molecule has 2 heterocycles. The summed E-state index contributed by atoms with van der Waals surface area (Å²) in [6.45, 7) is 3.13. The predicted molar refractivity (Wildman–Crippen MR) is 114 cm³/mol. The minimum atomic E-state index is -0.804. The Labute approximate surface area is 174 Å². The van der Waals surface area contributed by atoms with Crippen LogP contribution in [0.4, 0.5) is 0 Å². The number of fused-ring (bicyclic) bond motifs is 1. The van der Waals surface area contributed by atoms with Crippen LogP contribution >= 0.6 is 11.6 Å². The molecule has 0 amide bonds. The fraction of sp³-hybridized carbons (Fsp3) is 0.304. The molecule has 0 aliphatic carbocycles. The molecule has 150 valence electrons. The van der Waals surface area contributed by atoms with Gasteiger partial charge in [-0.05, 0) is 55.7 Å². The summed E-state index contributed by atoms with van der Waals surface area (Å²) in [6, 6.07) is 14.7. The van der Waals surface area contributed by atoms with E-state index < -0.39 is 12.0 Å². The maximum absolute atomic E-state index is 12.0. The number of carboxylic acids is 1. The SMILES string of the molecule is CCOc1ccc(Cl)cc1C(c1cnc2ccccc2c1)N1CCCC1C(=O)O. The third kappa shape index (κ3) is 3.93. The minimum Gasteiger partial charge on any atom is -0.494 e. The monoisotopic (exact) mass is 410 g/mol. The van der Waals surface area contributed by atoms with Crippen molar-refractivity contribution in [3.05, 3.63) is 70.9 Å². The van der Waals surface area contributed by atoms with Crippen LogP contribution < -0.4 is 4.74 Å². The summed E-state index contributed by atoms with van der Waals surface area (Å²) in [5.74, 6) is -0.0904. The van der Waals surface area contributed by atoms with E-state index in [-0.39, 0.29) is 6.04 Å². The number of carboxylic acid groups (broad SMARTS) is 1. The van der Waals surface area contributed by atoms with E-state index in [1.54, 1.807) is 6.07 Å². The van der Waals surface area contributed by atoms with Crippen molar-refractivity contribution >= 4 is 28.5 Å². The number of rotatable bonds is 6. The van der Waals surface area contributed by atoms with Crippen molar-refractivity contribution in [2.45, 2.75) is 31.8 Å². The molecule has 1 fully saturated rings. The molecule has 2 unspecified atom stereocenters. The van der Waals surface area contributed by atoms with Gasteiger partial charge in [-0.15, -0.1) is 0 Å². The fourth-order valence-corrected chi connectivity index (χ4v) is 4.35. The molecule has 6 heteroatoms. The van der Waals surface area contributed by atoms with Crippen molar-refractivity contribution in [3.8, 4) is 5.75 Å². The zero-order valence-electron chi connectivity index (χ0n) is 16.2. The number of hydrogen-bond acceptors (Lipinski definition) is 4. The van der Waals surface area contributed by atoms with Crippen LogP contribution in [0.25, 0.3) is 10.9 Å². The van der Waals surface area contributed by atoms with Crippen molar-refractivity contribution in [1.29, 1.82) is 0 Å². The number of aliphatic carboxylic acids is 1. The molecule has 1 N–H and O–H groups in total. The van der Waals surface area contributed by atoms with Gasteiger partial charge < -0.3 is 9.84 Å². The summed E-state index contributed by atoms with van der Waals surface area (Å²) in [7, 11) is 0. The van der Waals surface area contributed by atoms with Crippen molar-refractivity contribution in [2.24, 2.45) is 0 Å². The van der Waals surface area contributed by atoms with E-state index >= 15 is 0 Å². The summed E-state index contributed by atoms with van der Waals surface area (Å²) in [5.41, 5.74) is 2.70. The summed E-state index contributed by atoms with van der Waals surface area (Å²) in [4.78, 5) is 18.6. The second kappa shape index (κ2) is 8.39. The van der Waals surface area contributed by atoms with Gasteiger partial charge in [-0.2, -0.15) is 0 Å². The van der Waals surface area contributed by atoms with E-state index in [1.165, 1.54) is 0 Å². The Morgan fingerprint density at radius 2 is 2.14 bits per heavy atom. The summed E-state index contributed by atoms with van der Waals surface area (Å²) in [6.07, 6.45) is 3.29. The summed E-state index contributed by atoms with van der Waals surface area (Å²) in [5, 5.41) is 11.4. The highest BCUT2D eigenvalue weighted by Crippen LogP contribution is 2.40. The van der Waals surface area contributed by atoms with Gasteiger partial charge in [0.1, 0.15) is 11.8 Å². The Hall–Kier alpha value is -2.63. The van der Waals surface area contributed by atoms with Crippen LogP contribution in [0.2, 0.25) is 5.02 Å². The molecule has 1 saturated heterocycles. The van der Waals surface area contributed by atoms with Crippen LogP contribution in [-0.4, -0.2) is 40.2 Å². The molecule has 5 nitrogen and oxygen atoms in total. The van der Waals surface area contributed by atoms with Crippen LogP contribution in [0.5, 0.6) is 5.75 Å². The van der Waals surface area contributed by atoms with Gasteiger partial charge in [0.2, 0.25) is 0 Å². The normalized spacial score (nSPS) is 18.1. The smallest absolute Gasteiger partial charge is 0.320 e. The number of carbonyl (C=O) groups is 1. The van der Waals surface area contributed by atoms with E-state index in [4.69, 9.17) is 16.3 Å². The van der Waals surface area contributed by atoms with Crippen LogP contribution in [0.15, 0.2) is 54.7 Å². The molecule has 1 aromatic heterocycles. The lowest BCUT2D eigenvalue weighted by molar-refractivity contribution is -0.142. The maximum atomic E-state index is 12.0. The van der Waals surface area contributed by atoms with E-state index in [0.29, 0.717) is 30.3 Å². The van der Waals surface area contributed by atoms with Crippen molar-refractivity contribution < 1.29 is 14.6 Å². The number of hydrogen-bond donors (Lipinski definition) is 1. The van der Waals surface area contributed by atoms with Gasteiger partial charge in [-0.25, -0.2) is 0 Å². The molecule has 0 radical (unpaired) electrons. The quantitative estimate of drug-likeness (QED) is 0.624. The minimum absolute atomic E-state index is 0.309. The highest BCUT2D eigenvalue weighted by molar-refractivity contribution is 6.30. The zero-order chi connectivity index (χ0) is 20.4. The van der Waals surface area contributed by atoms with Crippen LogP contribution in [0.1, 0.15) is 36.9 Å². The number of halogens is 1. The number of ether oxygens (including phenoxy) is 1. The van der Waals surface area contributed by atoms with E-state index in [9.17, 15) is 9.90 Å². The average Bonchev–Trinajstić information content (AvgIpc) is 3.20. The molecule has 1 aliphatic rings. The second-order valence-electron chi connectivity index (χ2n) is 7.21. The average molecular weight is 411 g/mol. The van der Waals surface area contributed by atoms with E-state index in [2.05, 4.69) is 11.1 Å². The lowest BCUT2D eigenvalue weighted by Gasteiger charge is -2.33. The predicted octanol–water partition coefficient (Wildman–Crippen LogP) is 4.93. The van der Waals surface area contributed by atoms with Crippen LogP contribution in [-0.2, 0) is 4.79 Å². The Kier molecular flexibility index (Phi) is 5.69. The fourth-order valence-electron chi connectivity index (χ4n) is 4.17. The Bertz CT molecular complexity index is 1040. The maximum Gasteiger partial charge on any atom is 0.320 e. The number of benzene rings is 2. The molecule has 1 aliphatic heterocycles. The van der Waals surface area contributed by atoms with Crippen molar-refractivity contribution in [2.75, 3.05) is 13.2 Å². The number of likely N-dealkylation sites (tertiary alicyclic amines) is 1. The Balaban J connectivity index is 1.90. The highest BCUT2D eigenvalue weighted by Gasteiger charge is 2.38. The van der Waals surface area contributed by atoms with Gasteiger partial charge in [0, 0.05) is 28.7 Å². The molecule has 0 spiro atoms. The van der Waals surface area contributed by atoms with Gasteiger partial charge >= 0.3 is 5.97 Å². The largest absolute Gasteiger partial charge is 0.494 e. The van der Waals surface area contributed by atoms with Gasteiger partial charge in [0.05, 0.1) is 18.2 Å². The highest BCUT2D eigenvalue weighted by atomic mass is 35.5. The van der Waals surface area contributed by atoms with E-state index in [0.717, 1.165) is 28.5 Å². The van der Waals surface area contributed by atoms with Gasteiger partial charge in [0.25, 0.3) is 0 Å². The summed E-state index contributed by atoms with van der Waals surface area (Å²) < 4.78 is 5.88. The lowest BCUT2D eigenvalue weighted by atomic mass is 9.95.